The van der Waals surface area contributed by atoms with Gasteiger partial charge in [-0.15, -0.1) is 0 Å². The highest BCUT2D eigenvalue weighted by molar-refractivity contribution is 5.90. The molecule has 2 aliphatic rings. The molecule has 0 bridgehead atoms. The maximum absolute atomic E-state index is 11.3. The Hall–Kier alpha value is -1.48. The van der Waals surface area contributed by atoms with Gasteiger partial charge in [0, 0.05) is 44.4 Å². The zero-order chi connectivity index (χ0) is 20.0. The van der Waals surface area contributed by atoms with Crippen molar-refractivity contribution in [1.82, 2.24) is 9.80 Å². The van der Waals surface area contributed by atoms with Gasteiger partial charge >= 0.3 is 11.9 Å². The minimum Gasteiger partial charge on any atom is -0.478 e. The highest BCUT2D eigenvalue weighted by atomic mass is 16.5. The second kappa shape index (κ2) is 13.7. The fraction of sp³-hybridized carbons (Fsp3) is 0.800. The summed E-state index contributed by atoms with van der Waals surface area (Å²) in [7, 11) is 0. The molecule has 2 fully saturated rings. The Balaban J connectivity index is 1.63. The van der Waals surface area contributed by atoms with Crippen molar-refractivity contribution in [3.05, 3.63) is 12.2 Å². The summed E-state index contributed by atoms with van der Waals surface area (Å²) in [6.07, 6.45) is 6.92. The van der Waals surface area contributed by atoms with Crippen LogP contribution < -0.4 is 0 Å². The summed E-state index contributed by atoms with van der Waals surface area (Å²) in [4.78, 5) is 26.7. The number of unbranched alkanes of at least 4 members (excludes halogenated alkanes) is 2. The van der Waals surface area contributed by atoms with Crippen molar-refractivity contribution in [2.24, 2.45) is 0 Å². The summed E-state index contributed by atoms with van der Waals surface area (Å²) in [5.74, 6) is -1.75. The van der Waals surface area contributed by atoms with Gasteiger partial charge in [0.15, 0.2) is 0 Å². The van der Waals surface area contributed by atoms with E-state index in [1.807, 2.05) is 0 Å². The zero-order valence-corrected chi connectivity index (χ0v) is 16.7. The number of morpholine rings is 2. The van der Waals surface area contributed by atoms with E-state index in [-0.39, 0.29) is 0 Å². The van der Waals surface area contributed by atoms with E-state index in [2.05, 4.69) is 9.80 Å². The Kier molecular flexibility index (Phi) is 11.1. The second-order valence-electron chi connectivity index (χ2n) is 7.23. The third kappa shape index (κ3) is 9.64. The number of carbonyl (C=O) groups excluding carboxylic acids is 1. The van der Waals surface area contributed by atoms with Crippen LogP contribution in [0.1, 0.15) is 32.1 Å². The second-order valence-corrected chi connectivity index (χ2v) is 7.23. The van der Waals surface area contributed by atoms with Gasteiger partial charge in [-0.25, -0.2) is 9.59 Å². The molecule has 1 atom stereocenters. The van der Waals surface area contributed by atoms with Gasteiger partial charge in [-0.3, -0.25) is 9.80 Å². The van der Waals surface area contributed by atoms with Crippen LogP contribution in [0.3, 0.4) is 0 Å². The standard InChI is InChI=1S/C20H34N2O6/c23-19(24)5-6-20(25)28-13-3-1-2-4-18(22-11-16-27-17-12-22)7-8-21-9-14-26-15-10-21/h5-6,18H,1-4,7-17H2,(H,23,24)/b6-5+. The Morgan fingerprint density at radius 1 is 0.929 bits per heavy atom. The molecule has 8 heteroatoms. The molecule has 0 aromatic rings. The average Bonchev–Trinajstić information content (AvgIpc) is 2.72. The van der Waals surface area contributed by atoms with Gasteiger partial charge in [0.05, 0.1) is 33.0 Å². The van der Waals surface area contributed by atoms with E-state index in [0.717, 1.165) is 103 Å². The molecular weight excluding hydrogens is 364 g/mol. The number of carboxylic acid groups (broad SMARTS) is 1. The van der Waals surface area contributed by atoms with E-state index in [1.54, 1.807) is 0 Å². The Morgan fingerprint density at radius 3 is 2.29 bits per heavy atom. The molecule has 28 heavy (non-hydrogen) atoms. The molecule has 0 radical (unpaired) electrons. The van der Waals surface area contributed by atoms with E-state index >= 15 is 0 Å². The molecule has 160 valence electrons. The van der Waals surface area contributed by atoms with Gasteiger partial charge in [-0.05, 0) is 25.8 Å². The van der Waals surface area contributed by atoms with Crippen molar-refractivity contribution >= 4 is 11.9 Å². The highest BCUT2D eigenvalue weighted by Gasteiger charge is 2.22. The van der Waals surface area contributed by atoms with Crippen molar-refractivity contribution in [2.45, 2.75) is 38.1 Å². The lowest BCUT2D eigenvalue weighted by molar-refractivity contribution is -0.138. The fourth-order valence-electron chi connectivity index (χ4n) is 3.63. The number of hydrogen-bond donors (Lipinski definition) is 1. The van der Waals surface area contributed by atoms with Crippen LogP contribution in [0.2, 0.25) is 0 Å². The summed E-state index contributed by atoms with van der Waals surface area (Å²) in [5.41, 5.74) is 0. The number of hydrogen-bond acceptors (Lipinski definition) is 7. The van der Waals surface area contributed by atoms with Gasteiger partial charge in [-0.1, -0.05) is 12.8 Å². The Morgan fingerprint density at radius 2 is 1.61 bits per heavy atom. The first-order valence-corrected chi connectivity index (χ1v) is 10.3. The quantitative estimate of drug-likeness (QED) is 0.298. The number of esters is 1. The van der Waals surface area contributed by atoms with Crippen molar-refractivity contribution in [2.75, 3.05) is 65.8 Å². The van der Waals surface area contributed by atoms with Crippen molar-refractivity contribution in [1.29, 1.82) is 0 Å². The normalized spacial score (nSPS) is 20.3. The lowest BCUT2D eigenvalue weighted by Crippen LogP contribution is -2.46. The van der Waals surface area contributed by atoms with Crippen LogP contribution in [0, 0.1) is 0 Å². The predicted octanol–water partition coefficient (Wildman–Crippen LogP) is 1.15. The largest absolute Gasteiger partial charge is 0.478 e. The molecule has 2 rings (SSSR count). The van der Waals surface area contributed by atoms with Crippen LogP contribution in [-0.4, -0.2) is 98.6 Å². The Labute approximate surface area is 167 Å². The smallest absolute Gasteiger partial charge is 0.331 e. The van der Waals surface area contributed by atoms with Crippen LogP contribution >= 0.6 is 0 Å². The number of nitrogens with zero attached hydrogens (tertiary/aromatic N) is 2. The molecule has 0 aromatic carbocycles. The van der Waals surface area contributed by atoms with E-state index < -0.39 is 11.9 Å². The van der Waals surface area contributed by atoms with Gasteiger partial charge in [0.1, 0.15) is 0 Å². The van der Waals surface area contributed by atoms with Gasteiger partial charge < -0.3 is 19.3 Å². The first-order chi connectivity index (χ1) is 13.6. The topological polar surface area (TPSA) is 88.5 Å². The lowest BCUT2D eigenvalue weighted by atomic mass is 10.0. The van der Waals surface area contributed by atoms with Crippen molar-refractivity contribution in [3.8, 4) is 0 Å². The molecular formula is C20H34N2O6. The number of aliphatic carboxylic acids is 1. The van der Waals surface area contributed by atoms with Gasteiger partial charge in [-0.2, -0.15) is 0 Å². The molecule has 1 unspecified atom stereocenters. The third-order valence-electron chi connectivity index (χ3n) is 5.23. The van der Waals surface area contributed by atoms with Crippen LogP contribution in [0.15, 0.2) is 12.2 Å². The third-order valence-corrected chi connectivity index (χ3v) is 5.23. The predicted molar refractivity (Wildman–Crippen MR) is 104 cm³/mol. The number of ether oxygens (including phenoxy) is 3. The van der Waals surface area contributed by atoms with Gasteiger partial charge in [0.2, 0.25) is 0 Å². The molecule has 0 saturated carbocycles. The van der Waals surface area contributed by atoms with Crippen LogP contribution in [-0.2, 0) is 23.8 Å². The minimum atomic E-state index is -1.15. The maximum Gasteiger partial charge on any atom is 0.331 e. The maximum atomic E-state index is 11.3. The molecule has 0 amide bonds. The number of rotatable bonds is 12. The summed E-state index contributed by atoms with van der Waals surface area (Å²) in [5, 5.41) is 8.47. The molecule has 8 nitrogen and oxygen atoms in total. The summed E-state index contributed by atoms with van der Waals surface area (Å²) >= 11 is 0. The van der Waals surface area contributed by atoms with Crippen LogP contribution in [0.4, 0.5) is 0 Å². The lowest BCUT2D eigenvalue weighted by Gasteiger charge is -2.36. The number of carbonyl (C=O) groups is 2. The van der Waals surface area contributed by atoms with E-state index in [0.29, 0.717) is 12.6 Å². The molecule has 1 N–H and O–H groups in total. The monoisotopic (exact) mass is 398 g/mol. The average molecular weight is 399 g/mol. The molecule has 0 spiro atoms. The minimum absolute atomic E-state index is 0.332. The summed E-state index contributed by atoms with van der Waals surface area (Å²) in [6.45, 7) is 8.79. The SMILES string of the molecule is O=C(O)/C=C/C(=O)OCCCCCC(CCN1CCOCC1)N1CCOCC1. The van der Waals surface area contributed by atoms with Crippen LogP contribution in [0.5, 0.6) is 0 Å². The zero-order valence-electron chi connectivity index (χ0n) is 16.7. The number of carboxylic acids is 1. The fourth-order valence-corrected chi connectivity index (χ4v) is 3.63. The first-order valence-electron chi connectivity index (χ1n) is 10.3. The Bertz CT molecular complexity index is 487. The van der Waals surface area contributed by atoms with Crippen molar-refractivity contribution in [3.63, 3.8) is 0 Å². The molecule has 2 aliphatic heterocycles. The molecule has 2 heterocycles. The summed E-state index contributed by atoms with van der Waals surface area (Å²) < 4.78 is 15.9. The molecule has 0 aromatic heterocycles. The van der Waals surface area contributed by atoms with Crippen LogP contribution in [0.25, 0.3) is 0 Å². The molecule has 0 aliphatic carbocycles. The highest BCUT2D eigenvalue weighted by Crippen LogP contribution is 2.16. The van der Waals surface area contributed by atoms with Crippen molar-refractivity contribution < 1.29 is 28.9 Å². The van der Waals surface area contributed by atoms with E-state index in [4.69, 9.17) is 19.3 Å². The first kappa shape index (κ1) is 22.8. The molecule has 2 saturated heterocycles. The summed E-state index contributed by atoms with van der Waals surface area (Å²) in [6, 6.07) is 0.563. The van der Waals surface area contributed by atoms with E-state index in [1.165, 1.54) is 0 Å². The van der Waals surface area contributed by atoms with E-state index in [9.17, 15) is 9.59 Å². The van der Waals surface area contributed by atoms with Gasteiger partial charge in [0.25, 0.3) is 0 Å².